The first-order valence-electron chi connectivity index (χ1n) is 16.3. The maximum absolute atomic E-state index is 3.88. The largest absolute Gasteiger partial charge is 0.0622 e. The Bertz CT molecular complexity index is 1540. The van der Waals surface area contributed by atoms with Crippen molar-refractivity contribution in [3.8, 4) is 0 Å². The molecule has 6 aromatic carbocycles. The fraction of sp³-hybridized carbons (Fsp3) is 0.200. The summed E-state index contributed by atoms with van der Waals surface area (Å²) in [5, 5.41) is 0. The summed E-state index contributed by atoms with van der Waals surface area (Å²) in [6, 6.07) is 60.6. The lowest BCUT2D eigenvalue weighted by Gasteiger charge is -2.21. The first-order valence-corrected chi connectivity index (χ1v) is 16.3. The van der Waals surface area contributed by atoms with Crippen molar-refractivity contribution in [3.05, 3.63) is 213 Å². The third-order valence-corrected chi connectivity index (χ3v) is 9.45. The van der Waals surface area contributed by atoms with E-state index in [1.807, 2.05) is 0 Å². The van der Waals surface area contributed by atoms with Crippen LogP contribution in [0.1, 0.15) is 107 Å². The van der Waals surface area contributed by atoms with Crippen LogP contribution in [-0.2, 0) is 6.42 Å². The van der Waals surface area contributed by atoms with Gasteiger partial charge >= 0.3 is 0 Å². The van der Waals surface area contributed by atoms with Gasteiger partial charge in [0, 0.05) is 23.7 Å². The normalized spacial score (nSPS) is 14.0. The van der Waals surface area contributed by atoms with Crippen LogP contribution < -0.4 is 0 Å². The van der Waals surface area contributed by atoms with E-state index in [0.717, 1.165) is 6.42 Å². The molecule has 2 radical (unpaired) electrons. The summed E-state index contributed by atoms with van der Waals surface area (Å²) < 4.78 is 0. The molecule has 0 saturated carbocycles. The summed E-state index contributed by atoms with van der Waals surface area (Å²) in [5.74, 6) is 1.05. The second-order valence-corrected chi connectivity index (χ2v) is 12.5. The maximum atomic E-state index is 3.88. The van der Waals surface area contributed by atoms with Gasteiger partial charge in [-0.3, -0.25) is 0 Å². The highest BCUT2D eigenvalue weighted by Crippen LogP contribution is 2.34. The van der Waals surface area contributed by atoms with Gasteiger partial charge in [0.25, 0.3) is 0 Å². The predicted octanol–water partition coefficient (Wildman–Crippen LogP) is 11.5. The van der Waals surface area contributed by atoms with Gasteiger partial charge in [-0.05, 0) is 74.2 Å². The number of benzene rings is 6. The summed E-state index contributed by atoms with van der Waals surface area (Å²) in [4.78, 5) is 0. The van der Waals surface area contributed by atoms with Crippen molar-refractivity contribution in [2.24, 2.45) is 0 Å². The summed E-state index contributed by atoms with van der Waals surface area (Å²) in [5.41, 5.74) is 12.9. The maximum Gasteiger partial charge on any atom is 0.00673 e. The molecule has 45 heavy (non-hydrogen) atoms. The molecule has 0 heteroatoms. The van der Waals surface area contributed by atoms with Gasteiger partial charge in [0.05, 0.1) is 0 Å². The molecule has 222 valence electrons. The van der Waals surface area contributed by atoms with Gasteiger partial charge in [0.2, 0.25) is 0 Å². The Hall–Kier alpha value is -4.68. The quantitative estimate of drug-likeness (QED) is 0.151. The van der Waals surface area contributed by atoms with E-state index in [0.29, 0.717) is 0 Å². The van der Waals surface area contributed by atoms with Crippen LogP contribution in [0, 0.1) is 12.1 Å². The lowest BCUT2D eigenvalue weighted by Crippen LogP contribution is -2.06. The molecular formula is C45H42. The van der Waals surface area contributed by atoms with Crippen molar-refractivity contribution in [2.75, 3.05) is 0 Å². The van der Waals surface area contributed by atoms with Gasteiger partial charge in [-0.25, -0.2) is 0 Å². The monoisotopic (exact) mass is 582 g/mol. The van der Waals surface area contributed by atoms with E-state index in [9.17, 15) is 0 Å². The van der Waals surface area contributed by atoms with Gasteiger partial charge < -0.3 is 0 Å². The lowest BCUT2D eigenvalue weighted by molar-refractivity contribution is 0.870. The van der Waals surface area contributed by atoms with Crippen molar-refractivity contribution >= 4 is 0 Å². The number of hydrogen-bond acceptors (Lipinski definition) is 0. The average Bonchev–Trinajstić information content (AvgIpc) is 3.11. The van der Waals surface area contributed by atoms with E-state index in [1.165, 1.54) is 55.6 Å². The number of rotatable bonds is 10. The van der Waals surface area contributed by atoms with Crippen molar-refractivity contribution < 1.29 is 0 Å². The third kappa shape index (κ3) is 7.18. The van der Waals surface area contributed by atoms with Crippen LogP contribution in [0.15, 0.2) is 146 Å². The lowest BCUT2D eigenvalue weighted by atomic mass is 9.83. The van der Waals surface area contributed by atoms with Crippen LogP contribution in [0.3, 0.4) is 0 Å². The van der Waals surface area contributed by atoms with E-state index in [2.05, 4.69) is 185 Å². The van der Waals surface area contributed by atoms with Crippen LogP contribution in [0.2, 0.25) is 0 Å². The summed E-state index contributed by atoms with van der Waals surface area (Å²) in [7, 11) is 0. The molecule has 0 aliphatic carbocycles. The smallest absolute Gasteiger partial charge is 0.00673 e. The van der Waals surface area contributed by atoms with E-state index < -0.39 is 0 Å². The standard InChI is InChI=1S/C45H42/c1-32(38-17-9-5-10-18-38)42-26-36(27-43(30-42)33(2)39-19-11-6-12-20-39)25-37-28-44(34(3)40-21-13-7-14-22-40)31-45(29-37)35(4)41-23-15-8-16-24-41/h5-24,26,28,30-35H,25H2,1-4H3. The summed E-state index contributed by atoms with van der Waals surface area (Å²) >= 11 is 0. The Kier molecular flexibility index (Phi) is 9.41. The summed E-state index contributed by atoms with van der Waals surface area (Å²) in [6.45, 7) is 9.24. The van der Waals surface area contributed by atoms with Crippen molar-refractivity contribution in [2.45, 2.75) is 57.8 Å². The molecule has 0 nitrogen and oxygen atoms in total. The van der Waals surface area contributed by atoms with Crippen LogP contribution in [0.25, 0.3) is 0 Å². The average molecular weight is 583 g/mol. The second kappa shape index (κ2) is 14.0. The molecule has 4 atom stereocenters. The van der Waals surface area contributed by atoms with Crippen LogP contribution in [0.5, 0.6) is 0 Å². The molecule has 0 aliphatic heterocycles. The Morgan fingerprint density at radius 2 is 0.644 bits per heavy atom. The molecule has 0 aromatic heterocycles. The number of hydrogen-bond donors (Lipinski definition) is 0. The molecule has 0 aliphatic rings. The highest BCUT2D eigenvalue weighted by molar-refractivity contribution is 5.45. The fourth-order valence-electron chi connectivity index (χ4n) is 6.43. The van der Waals surface area contributed by atoms with Gasteiger partial charge in [0.15, 0.2) is 0 Å². The fourth-order valence-corrected chi connectivity index (χ4v) is 6.43. The van der Waals surface area contributed by atoms with Crippen LogP contribution >= 0.6 is 0 Å². The minimum absolute atomic E-state index is 0.245. The molecule has 6 aromatic rings. The molecular weight excluding hydrogens is 540 g/mol. The minimum atomic E-state index is 0.245. The molecule has 0 bridgehead atoms. The summed E-state index contributed by atoms with van der Waals surface area (Å²) in [6.07, 6.45) is 0.785. The zero-order valence-corrected chi connectivity index (χ0v) is 26.9. The Morgan fingerprint density at radius 3 is 0.956 bits per heavy atom. The SMILES string of the molecule is CC(c1[c]c(Cc2[c]c(C(C)c3ccccc3)cc(C(C)c3ccccc3)c2)cc(C(C)c2ccccc2)c1)c1ccccc1. The zero-order valence-electron chi connectivity index (χ0n) is 26.9. The Labute approximate surface area is 270 Å². The first-order chi connectivity index (χ1) is 22.0. The molecule has 6 rings (SSSR count). The minimum Gasteiger partial charge on any atom is -0.0622 e. The molecule has 0 amide bonds. The van der Waals surface area contributed by atoms with E-state index in [1.54, 1.807) is 0 Å². The van der Waals surface area contributed by atoms with E-state index in [4.69, 9.17) is 0 Å². The topological polar surface area (TPSA) is 0 Å². The predicted molar refractivity (Wildman–Crippen MR) is 189 cm³/mol. The van der Waals surface area contributed by atoms with Gasteiger partial charge in [-0.1, -0.05) is 173 Å². The van der Waals surface area contributed by atoms with Crippen LogP contribution in [-0.4, -0.2) is 0 Å². The first kappa shape index (κ1) is 30.4. The molecule has 0 heterocycles. The Balaban J connectivity index is 1.43. The highest BCUT2D eigenvalue weighted by atomic mass is 14.2. The molecule has 0 fully saturated rings. The molecule has 0 saturated heterocycles. The van der Waals surface area contributed by atoms with E-state index >= 15 is 0 Å². The molecule has 0 spiro atoms. The highest BCUT2D eigenvalue weighted by Gasteiger charge is 2.18. The Morgan fingerprint density at radius 1 is 0.356 bits per heavy atom. The van der Waals surface area contributed by atoms with Gasteiger partial charge in [-0.2, -0.15) is 0 Å². The van der Waals surface area contributed by atoms with Crippen molar-refractivity contribution in [1.29, 1.82) is 0 Å². The zero-order chi connectivity index (χ0) is 31.2. The second-order valence-electron chi connectivity index (χ2n) is 12.5. The van der Waals surface area contributed by atoms with Gasteiger partial charge in [-0.15, -0.1) is 0 Å². The van der Waals surface area contributed by atoms with Crippen molar-refractivity contribution in [3.63, 3.8) is 0 Å². The van der Waals surface area contributed by atoms with Crippen LogP contribution in [0.4, 0.5) is 0 Å². The molecule has 4 unspecified atom stereocenters. The molecule has 0 N–H and O–H groups in total. The third-order valence-electron chi connectivity index (χ3n) is 9.45. The van der Waals surface area contributed by atoms with E-state index in [-0.39, 0.29) is 23.7 Å². The van der Waals surface area contributed by atoms with Gasteiger partial charge in [0.1, 0.15) is 0 Å². The van der Waals surface area contributed by atoms with Crippen molar-refractivity contribution in [1.82, 2.24) is 0 Å².